The van der Waals surface area contributed by atoms with Gasteiger partial charge < -0.3 is 14.4 Å². The van der Waals surface area contributed by atoms with E-state index in [1.54, 1.807) is 0 Å². The minimum atomic E-state index is -4.08. The molecule has 16 aromatic rings. The molecule has 0 aliphatic carbocycles. The molecule has 0 amide bonds. The van der Waals surface area contributed by atoms with Gasteiger partial charge in [0, 0.05) is 61.5 Å². The molecule has 0 spiro atoms. The molecule has 0 atom stereocenters. The third-order valence-electron chi connectivity index (χ3n) is 21.3. The lowest BCUT2D eigenvalue weighted by Gasteiger charge is -2.47. The van der Waals surface area contributed by atoms with Gasteiger partial charge in [0.1, 0.15) is 0 Å². The Labute approximate surface area is 657 Å². The molecule has 15 aromatic carbocycles. The van der Waals surface area contributed by atoms with Crippen molar-refractivity contribution in [3.05, 3.63) is 374 Å². The van der Waals surface area contributed by atoms with Gasteiger partial charge in [-0.15, -0.1) is 0 Å². The van der Waals surface area contributed by atoms with Crippen molar-refractivity contribution in [2.24, 2.45) is 0 Å². The highest BCUT2D eigenvalue weighted by Gasteiger charge is 2.47. The average Bonchev–Trinajstić information content (AvgIpc) is 1.26. The Hall–Kier alpha value is -12.0. The predicted octanol–water partition coefficient (Wildman–Crippen LogP) is 22.5. The Morgan fingerprint density at radius 2 is 0.645 bits per heavy atom. The second kappa shape index (κ2) is 26.2. The highest BCUT2D eigenvalue weighted by molar-refractivity contribution is 7.20. The summed E-state index contributed by atoms with van der Waals surface area (Å²) in [5.74, 6) is 0. The number of fused-ring (bicyclic) bond motifs is 7. The first-order chi connectivity index (χ1) is 59.5. The molecule has 2 aliphatic heterocycles. The van der Waals surface area contributed by atoms with Gasteiger partial charge in [-0.3, -0.25) is 0 Å². The van der Waals surface area contributed by atoms with E-state index in [-0.39, 0.29) is 49.4 Å². The van der Waals surface area contributed by atoms with Crippen LogP contribution in [0.5, 0.6) is 0 Å². The van der Waals surface area contributed by atoms with Crippen LogP contribution in [0.1, 0.15) is 104 Å². The van der Waals surface area contributed by atoms with Crippen molar-refractivity contribution in [3.63, 3.8) is 0 Å². The first kappa shape index (κ1) is 49.7. The molecule has 107 heavy (non-hydrogen) atoms. The van der Waals surface area contributed by atoms with Crippen molar-refractivity contribution >= 4 is 108 Å². The number of hydrogen-bond acceptors (Lipinski definition) is 2. The average molecular weight is 1410 g/mol. The summed E-state index contributed by atoms with van der Waals surface area (Å²) in [6, 6.07) is 69.6. The van der Waals surface area contributed by atoms with Gasteiger partial charge in [-0.05, 0) is 170 Å². The third kappa shape index (κ3) is 11.4. The fraction of sp³-hybridized carbons (Fsp3) is 0.118. The SMILES string of the molecule is [2H]c1c([2H])c(-c2c([2H])c([2H])c3c(c2[2H])N(c2c(-c4ccccc4)cc(C(C)(C)C)cc2-c2ccccc2)c2cc(C(C)(C)C)cc4c2B3c2c([2H])c([2H])c(-n3c5c([2H])c([2H])c([2H])c([2H])c5c5c([2H])c([2H])c([2H])c([2H])c53)c([2H])c2N4c2c(-c3ccccc3)cc(C(C)(C)C)cc2-c2ccccc2)c([2H])c([Si](c2ccccc2)(c2ccccc2)c2ccccc2)c1[2H]. The molecule has 0 fully saturated rings. The first-order valence-electron chi connectivity index (χ1n) is 45.5. The lowest BCUT2D eigenvalue weighted by molar-refractivity contribution is 0.590. The number of benzene rings is 15. The zero-order valence-corrected chi connectivity index (χ0v) is 62.1. The molecule has 5 heteroatoms. The standard InChI is InChI=1S/C102H86BN3Si/c1-100(2,3)75-62-85(69-36-17-10-18-37-69)98(86(63-75)70-38-19-11-20-39-70)105-93-61-74(73-44-35-51-82(60-73)107(79-45-25-14-26-46-79,80-47-27-15-28-48-80)81-49-29-16-30-50-81)56-58-89(93)103-90-59-57-78(104-91-54-33-31-52-83(91)84-53-32-34-55-92(84)104)68-94(90)106(96-67-77(102(7,8)9)66-95(105)97(96)103)99-87(71-40-21-12-22-41-71)64-76(101(4,5)6)65-88(99)72-42-23-13-24-43-72/h10-68H,1-9H3/i31D,32D,33D,34D,35D,44D,51D,52D,53D,54D,55D,56D,57D,58D,59D,60D,61D,68D. The minimum absolute atomic E-state index is 0.0484. The molecule has 2 aliphatic rings. The number of aromatic nitrogens is 1. The summed E-state index contributed by atoms with van der Waals surface area (Å²) in [6.07, 6.45) is 0. The van der Waals surface area contributed by atoms with Gasteiger partial charge >= 0.3 is 0 Å². The first-order valence-corrected chi connectivity index (χ1v) is 38.5. The fourth-order valence-electron chi connectivity index (χ4n) is 15.9. The molecule has 0 N–H and O–H groups in total. The zero-order valence-electron chi connectivity index (χ0n) is 79.1. The molecule has 0 unspecified atom stereocenters. The second-order valence-corrected chi connectivity index (χ2v) is 34.7. The topological polar surface area (TPSA) is 11.4 Å². The molecule has 0 saturated heterocycles. The summed E-state index contributed by atoms with van der Waals surface area (Å²) in [5, 5.41) is 1.70. The lowest BCUT2D eigenvalue weighted by Crippen LogP contribution is -2.74. The van der Waals surface area contributed by atoms with E-state index in [2.05, 4.69) is 92.6 Å². The van der Waals surface area contributed by atoms with Crippen molar-refractivity contribution in [3.8, 4) is 61.3 Å². The maximum atomic E-state index is 11.9. The highest BCUT2D eigenvalue weighted by atomic mass is 28.3. The van der Waals surface area contributed by atoms with Crippen molar-refractivity contribution in [1.29, 1.82) is 0 Å². The summed E-state index contributed by atoms with van der Waals surface area (Å²) in [4.78, 5) is 3.94. The Balaban J connectivity index is 1.11. The van der Waals surface area contributed by atoms with E-state index < -0.39 is 157 Å². The van der Waals surface area contributed by atoms with Crippen LogP contribution in [-0.4, -0.2) is 19.4 Å². The van der Waals surface area contributed by atoms with Gasteiger partial charge in [0.15, 0.2) is 8.07 Å². The predicted molar refractivity (Wildman–Crippen MR) is 462 cm³/mol. The van der Waals surface area contributed by atoms with Crippen molar-refractivity contribution < 1.29 is 24.7 Å². The van der Waals surface area contributed by atoms with Crippen LogP contribution in [0.25, 0.3) is 83.1 Å². The van der Waals surface area contributed by atoms with Crippen LogP contribution in [0.2, 0.25) is 0 Å². The van der Waals surface area contributed by atoms with E-state index in [1.807, 2.05) is 228 Å². The minimum Gasteiger partial charge on any atom is -0.310 e. The van der Waals surface area contributed by atoms with Gasteiger partial charge in [-0.2, -0.15) is 0 Å². The number of para-hydroxylation sites is 2. The van der Waals surface area contributed by atoms with E-state index >= 15 is 0 Å². The monoisotopic (exact) mass is 1410 g/mol. The maximum Gasteiger partial charge on any atom is 0.252 e. The van der Waals surface area contributed by atoms with Gasteiger partial charge in [-0.25, -0.2) is 0 Å². The Morgan fingerprint density at radius 1 is 0.299 bits per heavy atom. The Bertz CT molecular complexity index is 6890. The van der Waals surface area contributed by atoms with E-state index in [0.29, 0.717) is 56.0 Å². The molecule has 3 heterocycles. The molecule has 3 nitrogen and oxygen atoms in total. The van der Waals surface area contributed by atoms with E-state index in [9.17, 15) is 21.9 Å². The van der Waals surface area contributed by atoms with Crippen LogP contribution in [0.15, 0.2) is 357 Å². The van der Waals surface area contributed by atoms with E-state index in [1.165, 1.54) is 0 Å². The zero-order chi connectivity index (χ0) is 88.6. The molecule has 0 bridgehead atoms. The van der Waals surface area contributed by atoms with Crippen LogP contribution in [0, 0.1) is 0 Å². The largest absolute Gasteiger partial charge is 0.310 e. The number of hydrogen-bond donors (Lipinski definition) is 0. The van der Waals surface area contributed by atoms with Crippen molar-refractivity contribution in [2.75, 3.05) is 9.80 Å². The van der Waals surface area contributed by atoms with Gasteiger partial charge in [-0.1, -0.05) is 353 Å². The Morgan fingerprint density at radius 3 is 1.04 bits per heavy atom. The fourth-order valence-corrected chi connectivity index (χ4v) is 20.4. The van der Waals surface area contributed by atoms with E-state index in [4.69, 9.17) is 2.74 Å². The number of anilines is 6. The summed E-state index contributed by atoms with van der Waals surface area (Å²) in [6.45, 7) is 17.5. The normalized spacial score (nSPS) is 15.2. The van der Waals surface area contributed by atoms with E-state index in [0.717, 1.165) is 53.5 Å². The summed E-state index contributed by atoms with van der Waals surface area (Å²) >= 11 is 0. The highest BCUT2D eigenvalue weighted by Crippen LogP contribution is 2.56. The van der Waals surface area contributed by atoms with Crippen LogP contribution >= 0.6 is 0 Å². The third-order valence-corrected chi connectivity index (χ3v) is 25.9. The summed E-state index contributed by atoms with van der Waals surface area (Å²) < 4.78 is 189. The van der Waals surface area contributed by atoms with Gasteiger partial charge in [0.2, 0.25) is 0 Å². The number of nitrogens with zero attached hydrogens (tertiary/aromatic N) is 3. The van der Waals surface area contributed by atoms with Gasteiger partial charge in [0.25, 0.3) is 6.71 Å². The number of rotatable bonds is 12. The Kier molecular flexibility index (Phi) is 12.2. The molecule has 18 rings (SSSR count). The summed E-state index contributed by atoms with van der Waals surface area (Å²) in [5.41, 5.74) is 5.98. The van der Waals surface area contributed by atoms with Gasteiger partial charge in [0.05, 0.1) is 47.1 Å². The van der Waals surface area contributed by atoms with Crippen molar-refractivity contribution in [1.82, 2.24) is 4.57 Å². The second-order valence-electron chi connectivity index (χ2n) is 31.0. The molecule has 0 saturated carbocycles. The molecule has 1 aromatic heterocycles. The maximum absolute atomic E-state index is 11.9. The van der Waals surface area contributed by atoms with Crippen LogP contribution in [0.3, 0.4) is 0 Å². The van der Waals surface area contributed by atoms with Crippen LogP contribution in [0.4, 0.5) is 34.1 Å². The molecule has 516 valence electrons. The molecular formula is C102H86BN3Si. The lowest BCUT2D eigenvalue weighted by atomic mass is 9.33. The van der Waals surface area contributed by atoms with Crippen molar-refractivity contribution in [2.45, 2.75) is 78.6 Å². The molecule has 0 radical (unpaired) electrons. The summed E-state index contributed by atoms with van der Waals surface area (Å²) in [7, 11) is -4.08. The molecular weight excluding hydrogens is 1310 g/mol. The van der Waals surface area contributed by atoms with Crippen LogP contribution in [-0.2, 0) is 16.2 Å². The van der Waals surface area contributed by atoms with Crippen LogP contribution < -0.4 is 46.9 Å². The smallest absolute Gasteiger partial charge is 0.252 e. The quantitative estimate of drug-likeness (QED) is 0.0892.